The zero-order valence-electron chi connectivity index (χ0n) is 9.42. The van der Waals surface area contributed by atoms with Gasteiger partial charge in [-0.25, -0.2) is 0 Å². The summed E-state index contributed by atoms with van der Waals surface area (Å²) in [6.07, 6.45) is 2.28. The van der Waals surface area contributed by atoms with Crippen molar-refractivity contribution in [2.75, 3.05) is 6.54 Å². The monoisotopic (exact) mass is 201 g/mol. The van der Waals surface area contributed by atoms with Gasteiger partial charge in [0.2, 0.25) is 5.91 Å². The molecule has 14 heavy (non-hydrogen) atoms. The highest BCUT2D eigenvalue weighted by Crippen LogP contribution is 2.05. The van der Waals surface area contributed by atoms with E-state index in [0.717, 1.165) is 6.42 Å². The first-order valence-corrected chi connectivity index (χ1v) is 5.21. The van der Waals surface area contributed by atoms with Gasteiger partial charge in [-0.1, -0.05) is 13.8 Å². The van der Waals surface area contributed by atoms with Crippen molar-refractivity contribution in [3.63, 3.8) is 0 Å². The maximum atomic E-state index is 10.6. The number of primary amides is 1. The third-order valence-electron chi connectivity index (χ3n) is 2.23. The fourth-order valence-corrected chi connectivity index (χ4v) is 1.11. The van der Waals surface area contributed by atoms with Gasteiger partial charge < -0.3 is 16.8 Å². The van der Waals surface area contributed by atoms with E-state index < -0.39 is 11.9 Å². The molecule has 0 spiro atoms. The van der Waals surface area contributed by atoms with E-state index in [9.17, 15) is 4.79 Å². The van der Waals surface area contributed by atoms with Crippen LogP contribution in [0.15, 0.2) is 0 Å². The van der Waals surface area contributed by atoms with Gasteiger partial charge in [-0.3, -0.25) is 4.79 Å². The van der Waals surface area contributed by atoms with Crippen molar-refractivity contribution in [2.45, 2.75) is 45.7 Å². The Bertz CT molecular complexity index is 171. The van der Waals surface area contributed by atoms with Gasteiger partial charge in [0.25, 0.3) is 0 Å². The van der Waals surface area contributed by atoms with Crippen LogP contribution >= 0.6 is 0 Å². The molecule has 1 amide bonds. The molecule has 0 saturated carbocycles. The van der Waals surface area contributed by atoms with Crippen molar-refractivity contribution in [2.24, 2.45) is 17.4 Å². The number of carbonyl (C=O) groups is 1. The first kappa shape index (κ1) is 13.4. The topological polar surface area (TPSA) is 81.1 Å². The standard InChI is InChI=1S/C10H23N3O/c1-7(2)4-5-8(3)13-6-9(11)10(12)14/h7-9,13H,4-6,11H2,1-3H3,(H2,12,14). The first-order valence-electron chi connectivity index (χ1n) is 5.21. The van der Waals surface area contributed by atoms with Gasteiger partial charge in [0.1, 0.15) is 0 Å². The Hall–Kier alpha value is -0.610. The lowest BCUT2D eigenvalue weighted by Gasteiger charge is -2.16. The molecular weight excluding hydrogens is 178 g/mol. The second kappa shape index (κ2) is 6.79. The van der Waals surface area contributed by atoms with Crippen LogP contribution in [0.3, 0.4) is 0 Å². The molecule has 2 atom stereocenters. The molecule has 0 rings (SSSR count). The van der Waals surface area contributed by atoms with E-state index in [4.69, 9.17) is 11.5 Å². The van der Waals surface area contributed by atoms with Crippen molar-refractivity contribution in [3.05, 3.63) is 0 Å². The van der Waals surface area contributed by atoms with E-state index in [1.54, 1.807) is 0 Å². The minimum absolute atomic E-state index is 0.391. The van der Waals surface area contributed by atoms with Crippen LogP contribution in [-0.2, 0) is 4.79 Å². The molecule has 5 N–H and O–H groups in total. The molecule has 0 aromatic rings. The smallest absolute Gasteiger partial charge is 0.235 e. The van der Waals surface area contributed by atoms with Gasteiger partial charge in [0.05, 0.1) is 6.04 Å². The van der Waals surface area contributed by atoms with Crippen LogP contribution in [0.1, 0.15) is 33.6 Å². The van der Waals surface area contributed by atoms with Crippen molar-refractivity contribution >= 4 is 5.91 Å². The SMILES string of the molecule is CC(C)CCC(C)NCC(N)C(N)=O. The van der Waals surface area contributed by atoms with Gasteiger partial charge in [0.15, 0.2) is 0 Å². The van der Waals surface area contributed by atoms with Crippen LogP contribution in [0.2, 0.25) is 0 Å². The van der Waals surface area contributed by atoms with Gasteiger partial charge in [-0.2, -0.15) is 0 Å². The molecule has 4 heteroatoms. The Kier molecular flexibility index (Phi) is 6.49. The zero-order chi connectivity index (χ0) is 11.1. The largest absolute Gasteiger partial charge is 0.368 e. The normalized spacial score (nSPS) is 15.5. The number of nitrogens with two attached hydrogens (primary N) is 2. The lowest BCUT2D eigenvalue weighted by atomic mass is 10.0. The quantitative estimate of drug-likeness (QED) is 0.551. The van der Waals surface area contributed by atoms with E-state index in [0.29, 0.717) is 18.5 Å². The van der Waals surface area contributed by atoms with Gasteiger partial charge >= 0.3 is 0 Å². The zero-order valence-corrected chi connectivity index (χ0v) is 9.42. The minimum Gasteiger partial charge on any atom is -0.368 e. The average Bonchev–Trinajstić information content (AvgIpc) is 2.10. The lowest BCUT2D eigenvalue weighted by molar-refractivity contribution is -0.119. The number of hydrogen-bond acceptors (Lipinski definition) is 3. The molecule has 0 saturated heterocycles. The number of carbonyl (C=O) groups excluding carboxylic acids is 1. The Balaban J connectivity index is 3.53. The Labute approximate surface area is 86.4 Å². The summed E-state index contributed by atoms with van der Waals surface area (Å²) in [5, 5.41) is 3.19. The maximum Gasteiger partial charge on any atom is 0.235 e. The second-order valence-electron chi connectivity index (χ2n) is 4.29. The number of amides is 1. The molecule has 2 unspecified atom stereocenters. The van der Waals surface area contributed by atoms with Crippen molar-refractivity contribution in [1.29, 1.82) is 0 Å². The first-order chi connectivity index (χ1) is 6.43. The van der Waals surface area contributed by atoms with E-state index in [1.165, 1.54) is 6.42 Å². The van der Waals surface area contributed by atoms with Gasteiger partial charge in [-0.15, -0.1) is 0 Å². The Morgan fingerprint density at radius 2 is 1.86 bits per heavy atom. The second-order valence-corrected chi connectivity index (χ2v) is 4.29. The van der Waals surface area contributed by atoms with E-state index >= 15 is 0 Å². The average molecular weight is 201 g/mol. The highest BCUT2D eigenvalue weighted by molar-refractivity contribution is 5.79. The summed E-state index contributed by atoms with van der Waals surface area (Å²) in [5.41, 5.74) is 10.5. The van der Waals surface area contributed by atoms with Crippen molar-refractivity contribution < 1.29 is 4.79 Å². The molecule has 0 radical (unpaired) electrons. The van der Waals surface area contributed by atoms with Crippen LogP contribution < -0.4 is 16.8 Å². The van der Waals surface area contributed by atoms with Gasteiger partial charge in [-0.05, 0) is 25.7 Å². The highest BCUT2D eigenvalue weighted by atomic mass is 16.1. The summed E-state index contributed by atoms with van der Waals surface area (Å²) in [4.78, 5) is 10.6. The van der Waals surface area contributed by atoms with Crippen LogP contribution in [0.25, 0.3) is 0 Å². The summed E-state index contributed by atoms with van der Waals surface area (Å²) in [6, 6.07) is -0.181. The predicted octanol–water partition coefficient (Wildman–Crippen LogP) is 0.213. The molecule has 0 aliphatic carbocycles. The summed E-state index contributed by atoms with van der Waals surface area (Å²) in [6.45, 7) is 6.95. The number of nitrogens with one attached hydrogen (secondary N) is 1. The maximum absolute atomic E-state index is 10.6. The number of hydrogen-bond donors (Lipinski definition) is 3. The fourth-order valence-electron chi connectivity index (χ4n) is 1.11. The molecule has 0 fully saturated rings. The predicted molar refractivity (Wildman–Crippen MR) is 58.7 cm³/mol. The van der Waals surface area contributed by atoms with Crippen LogP contribution in [-0.4, -0.2) is 24.5 Å². The summed E-state index contributed by atoms with van der Waals surface area (Å²) >= 11 is 0. The highest BCUT2D eigenvalue weighted by Gasteiger charge is 2.10. The van der Waals surface area contributed by atoms with Gasteiger partial charge in [0, 0.05) is 12.6 Å². The molecule has 0 heterocycles. The Morgan fingerprint density at radius 1 is 1.29 bits per heavy atom. The fraction of sp³-hybridized carbons (Fsp3) is 0.900. The van der Waals surface area contributed by atoms with E-state index in [1.807, 2.05) is 0 Å². The lowest BCUT2D eigenvalue weighted by Crippen LogP contribution is -2.46. The minimum atomic E-state index is -0.573. The summed E-state index contributed by atoms with van der Waals surface area (Å²) in [5.74, 6) is 0.262. The van der Waals surface area contributed by atoms with Crippen LogP contribution in [0, 0.1) is 5.92 Å². The molecular formula is C10H23N3O. The van der Waals surface area contributed by atoms with Crippen LogP contribution in [0.5, 0.6) is 0 Å². The molecule has 0 bridgehead atoms. The third-order valence-corrected chi connectivity index (χ3v) is 2.23. The van der Waals surface area contributed by atoms with Crippen molar-refractivity contribution in [3.8, 4) is 0 Å². The van der Waals surface area contributed by atoms with Crippen molar-refractivity contribution in [1.82, 2.24) is 5.32 Å². The molecule has 4 nitrogen and oxygen atoms in total. The molecule has 0 aromatic heterocycles. The third kappa shape index (κ3) is 6.86. The molecule has 0 aliphatic rings. The Morgan fingerprint density at radius 3 is 2.29 bits per heavy atom. The number of rotatable bonds is 7. The molecule has 0 aliphatic heterocycles. The van der Waals surface area contributed by atoms with E-state index in [2.05, 4.69) is 26.1 Å². The molecule has 0 aromatic carbocycles. The van der Waals surface area contributed by atoms with E-state index in [-0.39, 0.29) is 0 Å². The summed E-state index contributed by atoms with van der Waals surface area (Å²) < 4.78 is 0. The summed E-state index contributed by atoms with van der Waals surface area (Å²) in [7, 11) is 0. The van der Waals surface area contributed by atoms with Crippen LogP contribution in [0.4, 0.5) is 0 Å². The molecule has 84 valence electrons.